The fraction of sp³-hybridized carbons (Fsp3) is 0. The molecule has 2 aromatic rings. The van der Waals surface area contributed by atoms with Gasteiger partial charge in [-0.1, -0.05) is 0 Å². The number of furan rings is 1. The molecule has 0 saturated heterocycles. The third kappa shape index (κ3) is 1.78. The van der Waals surface area contributed by atoms with Crippen LogP contribution in [0.4, 0.5) is 5.69 Å². The largest absolute Gasteiger partial charge is 0.472 e. The van der Waals surface area contributed by atoms with Crippen LogP contribution in [0.1, 0.15) is 10.4 Å². The minimum Gasteiger partial charge on any atom is -0.472 e. The van der Waals surface area contributed by atoms with Gasteiger partial charge in [0.15, 0.2) is 0 Å². The van der Waals surface area contributed by atoms with Crippen molar-refractivity contribution in [3.8, 4) is 0 Å². The van der Waals surface area contributed by atoms with E-state index in [2.05, 4.69) is 5.32 Å². The highest BCUT2D eigenvalue weighted by atomic mass is 32.1. The summed E-state index contributed by atoms with van der Waals surface area (Å²) >= 11 is 1.54. The number of carbonyl (C=O) groups is 1. The number of hydrogen-bond donors (Lipinski definition) is 1. The maximum atomic E-state index is 11.4. The molecule has 4 heteroatoms. The van der Waals surface area contributed by atoms with Gasteiger partial charge in [0.2, 0.25) is 0 Å². The van der Waals surface area contributed by atoms with E-state index in [-0.39, 0.29) is 5.91 Å². The zero-order valence-electron chi connectivity index (χ0n) is 6.69. The lowest BCUT2D eigenvalue weighted by Gasteiger charge is -1.97. The highest BCUT2D eigenvalue weighted by molar-refractivity contribution is 7.08. The van der Waals surface area contributed by atoms with Gasteiger partial charge in [-0.2, -0.15) is 11.3 Å². The molecule has 0 bridgehead atoms. The molecule has 0 aliphatic carbocycles. The summed E-state index contributed by atoms with van der Waals surface area (Å²) in [6.07, 6.45) is 2.89. The first-order chi connectivity index (χ1) is 6.36. The minimum absolute atomic E-state index is 0.146. The second-order valence-corrected chi connectivity index (χ2v) is 3.26. The Bertz CT molecular complexity index is 378. The summed E-state index contributed by atoms with van der Waals surface area (Å²) in [4.78, 5) is 11.4. The van der Waals surface area contributed by atoms with Crippen molar-refractivity contribution >= 4 is 22.9 Å². The predicted molar refractivity (Wildman–Crippen MR) is 51.0 cm³/mol. The Morgan fingerprint density at radius 1 is 1.46 bits per heavy atom. The molecule has 2 aromatic heterocycles. The fourth-order valence-electron chi connectivity index (χ4n) is 0.933. The van der Waals surface area contributed by atoms with Gasteiger partial charge in [0.1, 0.15) is 6.26 Å². The Labute approximate surface area is 79.0 Å². The lowest BCUT2D eigenvalue weighted by atomic mass is 10.3. The molecule has 1 amide bonds. The first-order valence-electron chi connectivity index (χ1n) is 3.72. The van der Waals surface area contributed by atoms with E-state index in [4.69, 9.17) is 4.42 Å². The molecular formula is C9H7NO2S. The van der Waals surface area contributed by atoms with Crippen LogP contribution >= 0.6 is 11.3 Å². The van der Waals surface area contributed by atoms with Crippen molar-refractivity contribution in [1.82, 2.24) is 0 Å². The predicted octanol–water partition coefficient (Wildman–Crippen LogP) is 2.59. The first-order valence-corrected chi connectivity index (χ1v) is 4.66. The Balaban J connectivity index is 2.08. The lowest BCUT2D eigenvalue weighted by molar-refractivity contribution is 0.102. The summed E-state index contributed by atoms with van der Waals surface area (Å²) in [5.41, 5.74) is 1.35. The number of thiophene rings is 1. The third-order valence-corrected chi connectivity index (χ3v) is 2.25. The number of rotatable bonds is 2. The standard InChI is InChI=1S/C9H7NO2S/c11-9(7-1-3-12-5-7)10-8-2-4-13-6-8/h1-6H,(H,10,11). The molecule has 2 heterocycles. The Morgan fingerprint density at radius 2 is 2.38 bits per heavy atom. The van der Waals surface area contributed by atoms with Gasteiger partial charge in [-0.25, -0.2) is 0 Å². The van der Waals surface area contributed by atoms with Crippen LogP contribution in [0.25, 0.3) is 0 Å². The highest BCUT2D eigenvalue weighted by Gasteiger charge is 2.06. The van der Waals surface area contributed by atoms with Crippen molar-refractivity contribution < 1.29 is 9.21 Å². The molecule has 0 fully saturated rings. The van der Waals surface area contributed by atoms with E-state index >= 15 is 0 Å². The third-order valence-electron chi connectivity index (χ3n) is 1.56. The fourth-order valence-corrected chi connectivity index (χ4v) is 1.52. The second kappa shape index (κ2) is 3.45. The summed E-state index contributed by atoms with van der Waals surface area (Å²) in [6, 6.07) is 3.48. The SMILES string of the molecule is O=C(Nc1ccsc1)c1ccoc1. The Kier molecular flexibility index (Phi) is 2.14. The highest BCUT2D eigenvalue weighted by Crippen LogP contribution is 2.13. The molecule has 0 unspecified atom stereocenters. The van der Waals surface area contributed by atoms with E-state index in [1.807, 2.05) is 16.8 Å². The summed E-state index contributed by atoms with van der Waals surface area (Å²) in [6.45, 7) is 0. The molecule has 2 rings (SSSR count). The second-order valence-electron chi connectivity index (χ2n) is 2.48. The van der Waals surface area contributed by atoms with E-state index in [1.165, 1.54) is 12.5 Å². The number of anilines is 1. The smallest absolute Gasteiger partial charge is 0.258 e. The lowest BCUT2D eigenvalue weighted by Crippen LogP contribution is -2.09. The van der Waals surface area contributed by atoms with E-state index in [9.17, 15) is 4.79 Å². The molecule has 0 spiro atoms. The van der Waals surface area contributed by atoms with Crippen LogP contribution in [-0.2, 0) is 0 Å². The van der Waals surface area contributed by atoms with Crippen LogP contribution in [0, 0.1) is 0 Å². The molecular weight excluding hydrogens is 186 g/mol. The van der Waals surface area contributed by atoms with Crippen molar-refractivity contribution in [2.24, 2.45) is 0 Å². The summed E-state index contributed by atoms with van der Waals surface area (Å²) in [5, 5.41) is 6.52. The quantitative estimate of drug-likeness (QED) is 0.796. The number of hydrogen-bond acceptors (Lipinski definition) is 3. The van der Waals surface area contributed by atoms with E-state index in [0.29, 0.717) is 5.56 Å². The molecule has 3 nitrogen and oxygen atoms in total. The molecule has 0 aromatic carbocycles. The van der Waals surface area contributed by atoms with Crippen molar-refractivity contribution in [3.05, 3.63) is 41.0 Å². The van der Waals surface area contributed by atoms with Crippen molar-refractivity contribution in [3.63, 3.8) is 0 Å². The normalized spacial score (nSPS) is 9.85. The number of amides is 1. The van der Waals surface area contributed by atoms with E-state index < -0.39 is 0 Å². The van der Waals surface area contributed by atoms with Gasteiger partial charge in [-0.15, -0.1) is 0 Å². The van der Waals surface area contributed by atoms with Crippen LogP contribution in [0.15, 0.2) is 39.8 Å². The van der Waals surface area contributed by atoms with Gasteiger partial charge in [0.25, 0.3) is 5.91 Å². The molecule has 0 radical (unpaired) electrons. The molecule has 0 saturated carbocycles. The zero-order valence-corrected chi connectivity index (χ0v) is 7.51. The topological polar surface area (TPSA) is 42.2 Å². The molecule has 66 valence electrons. The van der Waals surface area contributed by atoms with Gasteiger partial charge in [-0.3, -0.25) is 4.79 Å². The van der Waals surface area contributed by atoms with Crippen LogP contribution in [0.5, 0.6) is 0 Å². The average Bonchev–Trinajstić information content (AvgIpc) is 2.74. The van der Waals surface area contributed by atoms with Gasteiger partial charge in [-0.05, 0) is 17.5 Å². The Morgan fingerprint density at radius 3 is 3.00 bits per heavy atom. The summed E-state index contributed by atoms with van der Waals surface area (Å²) in [5.74, 6) is -0.146. The Hall–Kier alpha value is -1.55. The van der Waals surface area contributed by atoms with Gasteiger partial charge in [0, 0.05) is 5.38 Å². The molecule has 0 aliphatic heterocycles. The average molecular weight is 193 g/mol. The monoisotopic (exact) mass is 193 g/mol. The minimum atomic E-state index is -0.146. The van der Waals surface area contributed by atoms with Crippen molar-refractivity contribution in [1.29, 1.82) is 0 Å². The number of nitrogens with one attached hydrogen (secondary N) is 1. The van der Waals surface area contributed by atoms with E-state index in [0.717, 1.165) is 5.69 Å². The molecule has 13 heavy (non-hydrogen) atoms. The zero-order chi connectivity index (χ0) is 9.10. The van der Waals surface area contributed by atoms with Crippen LogP contribution in [0.2, 0.25) is 0 Å². The van der Waals surface area contributed by atoms with Gasteiger partial charge in [0.05, 0.1) is 17.5 Å². The maximum absolute atomic E-state index is 11.4. The molecule has 0 atom stereocenters. The number of carbonyl (C=O) groups excluding carboxylic acids is 1. The van der Waals surface area contributed by atoms with Crippen LogP contribution in [0.3, 0.4) is 0 Å². The first kappa shape index (κ1) is 8.07. The van der Waals surface area contributed by atoms with Crippen molar-refractivity contribution in [2.45, 2.75) is 0 Å². The molecule has 0 aliphatic rings. The van der Waals surface area contributed by atoms with Gasteiger partial charge < -0.3 is 9.73 Å². The summed E-state index contributed by atoms with van der Waals surface area (Å²) in [7, 11) is 0. The van der Waals surface area contributed by atoms with Crippen LogP contribution < -0.4 is 5.32 Å². The van der Waals surface area contributed by atoms with Crippen molar-refractivity contribution in [2.75, 3.05) is 5.32 Å². The van der Waals surface area contributed by atoms with E-state index in [1.54, 1.807) is 17.4 Å². The maximum Gasteiger partial charge on any atom is 0.258 e. The van der Waals surface area contributed by atoms with Gasteiger partial charge >= 0.3 is 0 Å². The summed E-state index contributed by atoms with van der Waals surface area (Å²) < 4.78 is 4.80. The van der Waals surface area contributed by atoms with Crippen LogP contribution in [-0.4, -0.2) is 5.91 Å². The molecule has 1 N–H and O–H groups in total.